The van der Waals surface area contributed by atoms with Gasteiger partial charge in [0.15, 0.2) is 0 Å². The van der Waals surface area contributed by atoms with Gasteiger partial charge in [0.25, 0.3) is 5.91 Å². The van der Waals surface area contributed by atoms with Crippen LogP contribution in [0.3, 0.4) is 0 Å². The van der Waals surface area contributed by atoms with Gasteiger partial charge in [-0.05, 0) is 42.7 Å². The van der Waals surface area contributed by atoms with E-state index in [4.69, 9.17) is 0 Å². The Hall–Kier alpha value is -2.76. The Labute approximate surface area is 134 Å². The number of benzene rings is 1. The maximum absolute atomic E-state index is 12.9. The molecule has 23 heavy (non-hydrogen) atoms. The Morgan fingerprint density at radius 1 is 1.17 bits per heavy atom. The van der Waals surface area contributed by atoms with Gasteiger partial charge >= 0.3 is 0 Å². The van der Waals surface area contributed by atoms with Gasteiger partial charge in [-0.1, -0.05) is 16.8 Å². The summed E-state index contributed by atoms with van der Waals surface area (Å²) in [5.41, 5.74) is 0.728. The van der Waals surface area contributed by atoms with Gasteiger partial charge in [0, 0.05) is 19.2 Å². The Bertz CT molecular complexity index is 710. The molecule has 2 aromatic rings. The SMILES string of the molecule is CCN(CC)C(=O)c1ccc[n+](/N=C(\[O-])c2ccc(F)cc2)c1. The van der Waals surface area contributed by atoms with Crippen molar-refractivity contribution in [3.63, 3.8) is 0 Å². The molecule has 1 heterocycles. The van der Waals surface area contributed by atoms with Crippen LogP contribution in [0.4, 0.5) is 4.39 Å². The van der Waals surface area contributed by atoms with Crippen molar-refractivity contribution in [2.75, 3.05) is 13.1 Å². The summed E-state index contributed by atoms with van der Waals surface area (Å²) in [5.74, 6) is -1.04. The zero-order chi connectivity index (χ0) is 16.8. The zero-order valence-corrected chi connectivity index (χ0v) is 13.1. The standard InChI is InChI=1S/C17H18FN3O2/c1-3-20(4-2)17(23)14-6-5-11-21(12-14)19-16(22)13-7-9-15(18)10-8-13/h5-12H,3-4H2,1-2H3. The molecule has 1 aromatic carbocycles. The summed E-state index contributed by atoms with van der Waals surface area (Å²) in [4.78, 5) is 14.0. The molecular formula is C17H18FN3O2. The summed E-state index contributed by atoms with van der Waals surface area (Å²) in [7, 11) is 0. The summed E-state index contributed by atoms with van der Waals surface area (Å²) in [6.07, 6.45) is 3.07. The minimum atomic E-state index is -0.512. The van der Waals surface area contributed by atoms with Crippen molar-refractivity contribution < 1.29 is 19.0 Å². The fraction of sp³-hybridized carbons (Fsp3) is 0.235. The quantitative estimate of drug-likeness (QED) is 0.472. The molecule has 2 rings (SSSR count). The van der Waals surface area contributed by atoms with E-state index in [0.29, 0.717) is 18.7 Å². The molecule has 0 saturated heterocycles. The highest BCUT2D eigenvalue weighted by molar-refractivity contribution is 5.93. The zero-order valence-electron chi connectivity index (χ0n) is 13.1. The number of carbonyl (C=O) groups excluding carboxylic acids is 1. The van der Waals surface area contributed by atoms with Crippen LogP contribution in [0.25, 0.3) is 0 Å². The van der Waals surface area contributed by atoms with E-state index in [1.54, 1.807) is 23.2 Å². The molecule has 0 fully saturated rings. The molecule has 0 spiro atoms. The lowest BCUT2D eigenvalue weighted by Crippen LogP contribution is -2.36. The largest absolute Gasteiger partial charge is 0.854 e. The van der Waals surface area contributed by atoms with Crippen LogP contribution in [0.15, 0.2) is 53.9 Å². The van der Waals surface area contributed by atoms with Crippen LogP contribution in [-0.4, -0.2) is 29.8 Å². The van der Waals surface area contributed by atoms with Crippen LogP contribution < -0.4 is 9.78 Å². The summed E-state index contributed by atoms with van der Waals surface area (Å²) >= 11 is 0. The first-order valence-electron chi connectivity index (χ1n) is 7.37. The Morgan fingerprint density at radius 2 is 1.83 bits per heavy atom. The smallest absolute Gasteiger partial charge is 0.260 e. The molecular weight excluding hydrogens is 297 g/mol. The molecule has 5 nitrogen and oxygen atoms in total. The van der Waals surface area contributed by atoms with Gasteiger partial charge in [-0.3, -0.25) is 4.79 Å². The molecule has 0 unspecified atom stereocenters. The summed E-state index contributed by atoms with van der Waals surface area (Å²) in [5, 5.41) is 15.9. The molecule has 6 heteroatoms. The van der Waals surface area contributed by atoms with E-state index in [9.17, 15) is 14.3 Å². The van der Waals surface area contributed by atoms with Crippen molar-refractivity contribution in [2.45, 2.75) is 13.8 Å². The van der Waals surface area contributed by atoms with Crippen LogP contribution in [0, 0.1) is 5.82 Å². The average molecular weight is 315 g/mol. The lowest BCUT2D eigenvalue weighted by atomic mass is 10.2. The summed E-state index contributed by atoms with van der Waals surface area (Å²) < 4.78 is 14.2. The highest BCUT2D eigenvalue weighted by atomic mass is 19.1. The van der Waals surface area contributed by atoms with Gasteiger partial charge in [-0.15, -0.1) is 0 Å². The monoisotopic (exact) mass is 315 g/mol. The Balaban J connectivity index is 2.27. The minimum absolute atomic E-state index is 0.117. The average Bonchev–Trinajstić information content (AvgIpc) is 2.56. The highest BCUT2D eigenvalue weighted by Gasteiger charge is 2.15. The second kappa shape index (κ2) is 7.49. The third-order valence-corrected chi connectivity index (χ3v) is 3.38. The number of hydrogen-bond acceptors (Lipinski definition) is 3. The number of hydrogen-bond donors (Lipinski definition) is 0. The number of halogens is 1. The van der Waals surface area contributed by atoms with Gasteiger partial charge in [-0.2, -0.15) is 0 Å². The Morgan fingerprint density at radius 3 is 2.43 bits per heavy atom. The fourth-order valence-corrected chi connectivity index (χ4v) is 2.10. The van der Waals surface area contributed by atoms with E-state index in [1.807, 2.05) is 13.8 Å². The first kappa shape index (κ1) is 16.6. The maximum atomic E-state index is 12.9. The predicted octanol–water partition coefficient (Wildman–Crippen LogP) is 1.17. The van der Waals surface area contributed by atoms with Crippen LogP contribution in [-0.2, 0) is 0 Å². The molecule has 120 valence electrons. The highest BCUT2D eigenvalue weighted by Crippen LogP contribution is 2.03. The number of nitrogens with zero attached hydrogens (tertiary/aromatic N) is 3. The molecule has 0 bridgehead atoms. The van der Waals surface area contributed by atoms with Crippen LogP contribution in [0.5, 0.6) is 0 Å². The van der Waals surface area contributed by atoms with Gasteiger partial charge < -0.3 is 10.0 Å². The lowest BCUT2D eigenvalue weighted by Gasteiger charge is -2.17. The predicted molar refractivity (Wildman–Crippen MR) is 82.2 cm³/mol. The molecule has 0 aliphatic rings. The lowest BCUT2D eigenvalue weighted by molar-refractivity contribution is -0.681. The third kappa shape index (κ3) is 4.12. The number of amides is 1. The van der Waals surface area contributed by atoms with Crippen molar-refractivity contribution in [2.24, 2.45) is 5.10 Å². The Kier molecular flexibility index (Phi) is 5.41. The molecule has 1 aromatic heterocycles. The molecule has 1 amide bonds. The van der Waals surface area contributed by atoms with Crippen LogP contribution in [0.2, 0.25) is 0 Å². The van der Waals surface area contributed by atoms with Gasteiger partial charge in [0.05, 0.1) is 5.90 Å². The van der Waals surface area contributed by atoms with Crippen LogP contribution >= 0.6 is 0 Å². The summed E-state index contributed by atoms with van der Waals surface area (Å²) in [6, 6.07) is 8.47. The van der Waals surface area contributed by atoms with E-state index in [-0.39, 0.29) is 11.5 Å². The first-order chi connectivity index (χ1) is 11.0. The molecule has 0 atom stereocenters. The van der Waals surface area contributed by atoms with Crippen molar-refractivity contribution in [3.05, 3.63) is 65.7 Å². The van der Waals surface area contributed by atoms with E-state index in [2.05, 4.69) is 5.10 Å². The molecule has 0 saturated carbocycles. The van der Waals surface area contributed by atoms with Crippen molar-refractivity contribution in [3.8, 4) is 0 Å². The van der Waals surface area contributed by atoms with Crippen molar-refractivity contribution in [1.82, 2.24) is 4.90 Å². The second-order valence-electron chi connectivity index (χ2n) is 4.86. The van der Waals surface area contributed by atoms with E-state index in [0.717, 1.165) is 0 Å². The molecule has 0 aliphatic carbocycles. The van der Waals surface area contributed by atoms with Crippen molar-refractivity contribution in [1.29, 1.82) is 0 Å². The third-order valence-electron chi connectivity index (χ3n) is 3.38. The molecule has 0 radical (unpaired) electrons. The fourth-order valence-electron chi connectivity index (χ4n) is 2.10. The van der Waals surface area contributed by atoms with E-state index in [1.165, 1.54) is 35.1 Å². The number of aromatic nitrogens is 1. The maximum Gasteiger partial charge on any atom is 0.260 e. The first-order valence-corrected chi connectivity index (χ1v) is 7.37. The second-order valence-corrected chi connectivity index (χ2v) is 4.86. The van der Waals surface area contributed by atoms with Crippen molar-refractivity contribution >= 4 is 11.8 Å². The molecule has 0 N–H and O–H groups in total. The normalized spacial score (nSPS) is 11.3. The van der Waals surface area contributed by atoms with Crippen LogP contribution in [0.1, 0.15) is 29.8 Å². The number of carbonyl (C=O) groups is 1. The minimum Gasteiger partial charge on any atom is -0.854 e. The summed E-state index contributed by atoms with van der Waals surface area (Å²) in [6.45, 7) is 5.02. The van der Waals surface area contributed by atoms with Gasteiger partial charge in [-0.25, -0.2) is 4.39 Å². The van der Waals surface area contributed by atoms with E-state index < -0.39 is 11.7 Å². The topological polar surface area (TPSA) is 59.6 Å². The van der Waals surface area contributed by atoms with Gasteiger partial charge in [0.1, 0.15) is 11.4 Å². The number of pyridine rings is 1. The van der Waals surface area contributed by atoms with E-state index >= 15 is 0 Å². The van der Waals surface area contributed by atoms with Gasteiger partial charge in [0.2, 0.25) is 12.4 Å². The number of rotatable bonds is 5. The molecule has 0 aliphatic heterocycles.